The molecule has 18 heteroatoms. The number of phosphoric acid groups is 2. The minimum atomic E-state index is -4.93. The smallest absolute Gasteiger partial charge is 0.463 e. The van der Waals surface area contributed by atoms with E-state index in [1.807, 2.05) is 0 Å². The van der Waals surface area contributed by atoms with Crippen molar-refractivity contribution in [2.45, 2.75) is 386 Å². The van der Waals surface area contributed by atoms with E-state index in [9.17, 15) is 43.5 Å². The quantitative estimate of drug-likeness (QED) is 0.0146. The Morgan fingerprint density at radius 2 is 0.477 bits per heavy atom. The van der Waals surface area contributed by atoms with Crippen molar-refractivity contribution in [2.24, 2.45) is 0 Å². The molecule has 111 heavy (non-hydrogen) atoms. The fraction of sp³-hybridized carbons (Fsp3) is 0.710. The van der Waals surface area contributed by atoms with Crippen molar-refractivity contribution in [3.63, 3.8) is 0 Å². The Balaban J connectivity index is 4.34. The third-order valence-corrected chi connectivity index (χ3v) is 20.4. The molecule has 5 atom stereocenters. The number of ether oxygens (including phenoxy) is 3. The van der Waals surface area contributed by atoms with E-state index < -0.39 is 91.5 Å². The first-order valence-corrected chi connectivity index (χ1v) is 47.1. The molecule has 0 aromatic rings. The van der Waals surface area contributed by atoms with Gasteiger partial charge >= 0.3 is 33.6 Å². The van der Waals surface area contributed by atoms with Crippen molar-refractivity contribution in [1.29, 1.82) is 0 Å². The van der Waals surface area contributed by atoms with Crippen molar-refractivity contribution in [1.82, 2.24) is 0 Å². The maximum Gasteiger partial charge on any atom is 0.472 e. The van der Waals surface area contributed by atoms with Gasteiger partial charge in [0, 0.05) is 19.3 Å². The molecule has 0 rings (SSSR count). The lowest BCUT2D eigenvalue weighted by molar-refractivity contribution is -0.161. The Morgan fingerprint density at radius 3 is 0.766 bits per heavy atom. The highest BCUT2D eigenvalue weighted by Gasteiger charge is 2.29. The minimum absolute atomic E-state index is 0.0933. The maximum atomic E-state index is 12.9. The average molecular weight is 1600 g/mol. The lowest BCUT2D eigenvalue weighted by atomic mass is 10.0. The summed E-state index contributed by atoms with van der Waals surface area (Å²) in [5, 5.41) is 20.7. The zero-order valence-corrected chi connectivity index (χ0v) is 71.9. The summed E-state index contributed by atoms with van der Waals surface area (Å²) in [4.78, 5) is 58.7. The van der Waals surface area contributed by atoms with Gasteiger partial charge < -0.3 is 34.2 Å². The second-order valence-electron chi connectivity index (χ2n) is 29.3. The summed E-state index contributed by atoms with van der Waals surface area (Å²) in [6.07, 6.45) is 106. The van der Waals surface area contributed by atoms with Crippen LogP contribution in [0.5, 0.6) is 0 Å². The number of hydrogen-bond acceptors (Lipinski definition) is 14. The lowest BCUT2D eigenvalue weighted by Gasteiger charge is -2.21. The third-order valence-electron chi connectivity index (χ3n) is 18.5. The maximum absolute atomic E-state index is 12.9. The molecule has 0 aromatic carbocycles. The van der Waals surface area contributed by atoms with E-state index >= 15 is 0 Å². The fourth-order valence-electron chi connectivity index (χ4n) is 11.9. The van der Waals surface area contributed by atoms with Gasteiger partial charge in [0.25, 0.3) is 0 Å². The summed E-state index contributed by atoms with van der Waals surface area (Å²) < 4.78 is 61.2. The van der Waals surface area contributed by atoms with E-state index in [1.54, 1.807) is 0 Å². The standard InChI is InChI=1S/C93H160O16P2/c1-4-7-10-13-16-19-22-24-26-28-30-32-34-36-38-40-41-42-43-44-45-47-49-50-52-54-56-58-60-62-65-67-70-73-76-79-91(96)103-82-88(94)83-105-110(99,100)106-84-89(95)85-107-111(101,102)108-87-90(109-93(98)81-78-75-72-69-64-21-18-15-12-9-6-3)86-104-92(97)80-77-74-71-68-66-63-61-59-57-55-53-51-48-46-39-37-35-33-31-29-27-25-23-20-17-14-11-8-5-2/h7-8,10-11,15-20,24-27,30-33,36-39,41-42,88-90,94-95H,4-6,9,12-14,21-23,28-29,34-35,40,43-87H2,1-3H3,(H,99,100)(H,101,102)/b10-7-,11-8-,18-15-,19-16-,20-17-,26-24-,27-25-,32-30-,33-31-,38-36-,39-37-,42-41-. The number of esters is 3. The van der Waals surface area contributed by atoms with Crippen LogP contribution in [0.4, 0.5) is 0 Å². The monoisotopic (exact) mass is 1600 g/mol. The molecule has 0 aromatic heterocycles. The van der Waals surface area contributed by atoms with Crippen LogP contribution >= 0.6 is 15.6 Å². The van der Waals surface area contributed by atoms with Gasteiger partial charge in [-0.05, 0) is 135 Å². The summed E-state index contributed by atoms with van der Waals surface area (Å²) in [5.41, 5.74) is 0. The van der Waals surface area contributed by atoms with Crippen LogP contribution < -0.4 is 0 Å². The molecule has 0 bridgehead atoms. The molecule has 0 saturated heterocycles. The normalized spacial score (nSPS) is 14.5. The van der Waals surface area contributed by atoms with Crippen molar-refractivity contribution in [2.75, 3.05) is 39.6 Å². The van der Waals surface area contributed by atoms with Crippen LogP contribution in [0.15, 0.2) is 146 Å². The van der Waals surface area contributed by atoms with Crippen molar-refractivity contribution >= 4 is 33.6 Å². The van der Waals surface area contributed by atoms with Gasteiger partial charge in [-0.2, -0.15) is 0 Å². The van der Waals surface area contributed by atoms with E-state index in [-0.39, 0.29) is 19.3 Å². The van der Waals surface area contributed by atoms with Crippen LogP contribution in [0.3, 0.4) is 0 Å². The number of unbranched alkanes of at least 4 members (excludes halogenated alkanes) is 36. The molecule has 16 nitrogen and oxygen atoms in total. The van der Waals surface area contributed by atoms with E-state index in [1.165, 1.54) is 148 Å². The Hall–Kier alpha value is -4.57. The molecule has 0 saturated carbocycles. The molecule has 0 radical (unpaired) electrons. The second kappa shape index (κ2) is 84.8. The predicted molar refractivity (Wildman–Crippen MR) is 463 cm³/mol. The van der Waals surface area contributed by atoms with Crippen molar-refractivity contribution < 1.29 is 75.8 Å². The number of carbonyl (C=O) groups excluding carboxylic acids is 3. The molecule has 0 aliphatic heterocycles. The molecule has 0 aliphatic rings. The summed E-state index contributed by atoms with van der Waals surface area (Å²) >= 11 is 0. The summed E-state index contributed by atoms with van der Waals surface area (Å²) in [7, 11) is -9.79. The Kier molecular flexibility index (Phi) is 81.3. The number of allylic oxidation sites excluding steroid dienone is 24. The Bertz CT molecular complexity index is 2600. The van der Waals surface area contributed by atoms with Crippen LogP contribution in [0.2, 0.25) is 0 Å². The molecule has 0 spiro atoms. The van der Waals surface area contributed by atoms with Gasteiger partial charge in [-0.1, -0.05) is 359 Å². The topological polar surface area (TPSA) is 231 Å². The molecule has 0 fully saturated rings. The Labute approximate surface area is 677 Å². The number of carbonyl (C=O) groups is 3. The number of rotatable bonds is 83. The predicted octanol–water partition coefficient (Wildman–Crippen LogP) is 26.8. The molecular weight excluding hydrogens is 1430 g/mol. The molecule has 638 valence electrons. The average Bonchev–Trinajstić information content (AvgIpc) is 0.898. The van der Waals surface area contributed by atoms with Gasteiger partial charge in [0.05, 0.1) is 26.4 Å². The molecule has 0 heterocycles. The molecular formula is C93H160O16P2. The van der Waals surface area contributed by atoms with Crippen LogP contribution in [-0.2, 0) is 55.8 Å². The number of aliphatic hydroxyl groups excluding tert-OH is 2. The fourth-order valence-corrected chi connectivity index (χ4v) is 13.5. The van der Waals surface area contributed by atoms with Crippen molar-refractivity contribution in [3.05, 3.63) is 146 Å². The number of hydrogen-bond donors (Lipinski definition) is 4. The third kappa shape index (κ3) is 86.1. The number of phosphoric ester groups is 2. The van der Waals surface area contributed by atoms with Gasteiger partial charge in [0.15, 0.2) is 6.10 Å². The Morgan fingerprint density at radius 1 is 0.261 bits per heavy atom. The highest BCUT2D eigenvalue weighted by Crippen LogP contribution is 2.45. The molecule has 0 amide bonds. The zero-order chi connectivity index (χ0) is 80.8. The van der Waals surface area contributed by atoms with E-state index in [2.05, 4.69) is 167 Å². The van der Waals surface area contributed by atoms with Crippen LogP contribution in [0.1, 0.15) is 367 Å². The first-order chi connectivity index (χ1) is 54.2. The van der Waals surface area contributed by atoms with Gasteiger partial charge in [0.1, 0.15) is 25.4 Å². The SMILES string of the molecule is CC/C=C\C/C=C\C/C=C\C/C=C\C/C=C\C/C=C\CCCCCCCCCCCCCCCCCCC(=O)OCC(O)COP(=O)(O)OCC(O)COP(=O)(O)OCC(COC(=O)CCCCCCCCCCCCCCC/C=C\C/C=C\C/C=C\C/C=C\C/C=C\CC)OC(=O)CCCCCCC/C=C\CCCC. The van der Waals surface area contributed by atoms with Crippen LogP contribution in [0, 0.1) is 0 Å². The van der Waals surface area contributed by atoms with Crippen molar-refractivity contribution in [3.8, 4) is 0 Å². The molecule has 0 aliphatic carbocycles. The van der Waals surface area contributed by atoms with Gasteiger partial charge in [-0.3, -0.25) is 32.5 Å². The van der Waals surface area contributed by atoms with Gasteiger partial charge in [-0.25, -0.2) is 9.13 Å². The summed E-state index contributed by atoms with van der Waals surface area (Å²) in [5.74, 6) is -1.58. The lowest BCUT2D eigenvalue weighted by Crippen LogP contribution is -2.30. The first kappa shape index (κ1) is 106. The van der Waals surface area contributed by atoms with Crippen LogP contribution in [0.25, 0.3) is 0 Å². The van der Waals surface area contributed by atoms with Gasteiger partial charge in [0.2, 0.25) is 0 Å². The van der Waals surface area contributed by atoms with E-state index in [4.69, 9.17) is 32.3 Å². The van der Waals surface area contributed by atoms with Gasteiger partial charge in [-0.15, -0.1) is 0 Å². The van der Waals surface area contributed by atoms with E-state index in [0.29, 0.717) is 19.3 Å². The van der Waals surface area contributed by atoms with Crippen LogP contribution in [-0.4, -0.2) is 95.9 Å². The minimum Gasteiger partial charge on any atom is -0.463 e. The summed E-state index contributed by atoms with van der Waals surface area (Å²) in [6.45, 7) is 2.43. The highest BCUT2D eigenvalue weighted by molar-refractivity contribution is 7.47. The summed E-state index contributed by atoms with van der Waals surface area (Å²) in [6, 6.07) is 0. The second-order valence-corrected chi connectivity index (χ2v) is 32.2. The first-order valence-electron chi connectivity index (χ1n) is 44.1. The zero-order valence-electron chi connectivity index (χ0n) is 70.1. The molecule has 4 N–H and O–H groups in total. The largest absolute Gasteiger partial charge is 0.472 e. The number of aliphatic hydroxyl groups is 2. The molecule has 5 unspecified atom stereocenters. The highest BCUT2D eigenvalue weighted by atomic mass is 31.2. The van der Waals surface area contributed by atoms with E-state index in [0.717, 1.165) is 161 Å².